The van der Waals surface area contributed by atoms with E-state index in [1.54, 1.807) is 0 Å². The van der Waals surface area contributed by atoms with Crippen LogP contribution in [0.2, 0.25) is 10.0 Å². The van der Waals surface area contributed by atoms with Crippen LogP contribution in [0.3, 0.4) is 0 Å². The highest BCUT2D eigenvalue weighted by molar-refractivity contribution is 6.36. The predicted octanol–water partition coefficient (Wildman–Crippen LogP) is 3.34. The summed E-state index contributed by atoms with van der Waals surface area (Å²) in [7, 11) is 0. The van der Waals surface area contributed by atoms with Gasteiger partial charge in [-0.15, -0.1) is 0 Å². The first kappa shape index (κ1) is 14.8. The average molecular weight is 289 g/mol. The number of rotatable bonds is 5. The van der Waals surface area contributed by atoms with Crippen LogP contribution in [0.4, 0.5) is 0 Å². The molecule has 0 aliphatic heterocycles. The maximum absolute atomic E-state index is 11.3. The van der Waals surface area contributed by atoms with Crippen molar-refractivity contribution in [3.8, 4) is 5.75 Å². The molecule has 0 heterocycles. The second kappa shape index (κ2) is 7.24. The minimum absolute atomic E-state index is 0.118. The predicted molar refractivity (Wildman–Crippen MR) is 73.4 cm³/mol. The molecule has 4 nitrogen and oxygen atoms in total. The smallest absolute Gasteiger partial charge is 0.240 e. The number of halogens is 2. The first-order valence-corrected chi connectivity index (χ1v) is 6.30. The van der Waals surface area contributed by atoms with Gasteiger partial charge in [0.2, 0.25) is 5.91 Å². The van der Waals surface area contributed by atoms with Crippen molar-refractivity contribution in [1.29, 1.82) is 0 Å². The number of hydrogen-bond donors (Lipinski definition) is 2. The van der Waals surface area contributed by atoms with Gasteiger partial charge in [-0.3, -0.25) is 4.79 Å². The summed E-state index contributed by atoms with van der Waals surface area (Å²) in [5, 5.41) is 13.9. The van der Waals surface area contributed by atoms with Crippen LogP contribution >= 0.6 is 23.2 Å². The fourth-order valence-corrected chi connectivity index (χ4v) is 1.76. The lowest BCUT2D eigenvalue weighted by atomic mass is 10.2. The van der Waals surface area contributed by atoms with E-state index < -0.39 is 0 Å². The molecule has 18 heavy (non-hydrogen) atoms. The minimum atomic E-state index is -0.166. The summed E-state index contributed by atoms with van der Waals surface area (Å²) < 4.78 is 0. The third-order valence-electron chi connectivity index (χ3n) is 2.21. The number of nitrogens with zero attached hydrogens (tertiary/aromatic N) is 1. The number of phenols is 1. The van der Waals surface area contributed by atoms with E-state index in [0.717, 1.165) is 12.8 Å². The Morgan fingerprint density at radius 2 is 2.22 bits per heavy atom. The van der Waals surface area contributed by atoms with E-state index in [9.17, 15) is 9.90 Å². The van der Waals surface area contributed by atoms with Gasteiger partial charge in [-0.1, -0.05) is 36.5 Å². The Balaban J connectivity index is 2.65. The lowest BCUT2D eigenvalue weighted by Gasteiger charge is -2.02. The lowest BCUT2D eigenvalue weighted by Crippen LogP contribution is -2.16. The Morgan fingerprint density at radius 1 is 1.50 bits per heavy atom. The summed E-state index contributed by atoms with van der Waals surface area (Å²) in [5.41, 5.74) is 2.72. The van der Waals surface area contributed by atoms with E-state index in [-0.39, 0.29) is 16.7 Å². The first-order chi connectivity index (χ1) is 8.54. The summed E-state index contributed by atoms with van der Waals surface area (Å²) in [6.45, 7) is 2.00. The molecule has 0 fully saturated rings. The van der Waals surface area contributed by atoms with E-state index in [4.69, 9.17) is 23.2 Å². The summed E-state index contributed by atoms with van der Waals surface area (Å²) in [4.78, 5) is 11.3. The molecular formula is C12H14Cl2N2O2. The van der Waals surface area contributed by atoms with Crippen molar-refractivity contribution in [2.24, 2.45) is 5.10 Å². The molecule has 98 valence electrons. The zero-order valence-electron chi connectivity index (χ0n) is 9.91. The van der Waals surface area contributed by atoms with Crippen LogP contribution in [0.1, 0.15) is 31.7 Å². The molecule has 0 aliphatic rings. The van der Waals surface area contributed by atoms with Gasteiger partial charge >= 0.3 is 0 Å². The Bertz CT molecular complexity index is 462. The molecular weight excluding hydrogens is 275 g/mol. The van der Waals surface area contributed by atoms with Crippen molar-refractivity contribution in [1.82, 2.24) is 5.43 Å². The number of aromatic hydroxyl groups is 1. The molecule has 1 aromatic rings. The molecule has 1 aromatic carbocycles. The highest BCUT2D eigenvalue weighted by Gasteiger charge is 2.06. The number of hydrogen-bond acceptors (Lipinski definition) is 3. The van der Waals surface area contributed by atoms with Gasteiger partial charge in [0.1, 0.15) is 5.75 Å². The van der Waals surface area contributed by atoms with Gasteiger partial charge in [-0.25, -0.2) is 5.43 Å². The second-order valence-corrected chi connectivity index (χ2v) is 4.57. The van der Waals surface area contributed by atoms with E-state index >= 15 is 0 Å². The summed E-state index contributed by atoms with van der Waals surface area (Å²) >= 11 is 11.5. The Morgan fingerprint density at radius 3 is 2.89 bits per heavy atom. The zero-order chi connectivity index (χ0) is 13.5. The van der Waals surface area contributed by atoms with Crippen LogP contribution in [0, 0.1) is 0 Å². The van der Waals surface area contributed by atoms with Gasteiger partial charge in [0.15, 0.2) is 0 Å². The standard InChI is InChI=1S/C12H14Cl2N2O2/c1-2-3-4-11(17)16-15-7-8-5-9(13)6-10(14)12(8)18/h5-7,18H,2-4H2,1H3,(H,16,17)/b15-7+. The molecule has 0 aliphatic carbocycles. The molecule has 0 spiro atoms. The van der Waals surface area contributed by atoms with Gasteiger partial charge in [-0.05, 0) is 18.6 Å². The molecule has 0 unspecified atom stereocenters. The highest BCUT2D eigenvalue weighted by atomic mass is 35.5. The van der Waals surface area contributed by atoms with E-state index in [1.165, 1.54) is 18.3 Å². The van der Waals surface area contributed by atoms with Gasteiger partial charge in [0, 0.05) is 17.0 Å². The number of carbonyl (C=O) groups is 1. The average Bonchev–Trinajstić information content (AvgIpc) is 2.32. The number of carbonyl (C=O) groups excluding carboxylic acids is 1. The van der Waals surface area contributed by atoms with Crippen molar-refractivity contribution in [2.75, 3.05) is 0 Å². The van der Waals surface area contributed by atoms with Crippen molar-refractivity contribution < 1.29 is 9.90 Å². The molecule has 0 saturated carbocycles. The lowest BCUT2D eigenvalue weighted by molar-refractivity contribution is -0.121. The summed E-state index contributed by atoms with van der Waals surface area (Å²) in [5.74, 6) is -0.284. The molecule has 0 aromatic heterocycles. The van der Waals surface area contributed by atoms with Crippen molar-refractivity contribution >= 4 is 35.3 Å². The van der Waals surface area contributed by atoms with Crippen LogP contribution < -0.4 is 5.43 Å². The Hall–Kier alpha value is -1.26. The highest BCUT2D eigenvalue weighted by Crippen LogP contribution is 2.29. The zero-order valence-corrected chi connectivity index (χ0v) is 11.4. The van der Waals surface area contributed by atoms with E-state index in [0.29, 0.717) is 17.0 Å². The van der Waals surface area contributed by atoms with Crippen LogP contribution in [-0.4, -0.2) is 17.2 Å². The largest absolute Gasteiger partial charge is 0.506 e. The Kier molecular flexibility index (Phi) is 5.95. The maximum atomic E-state index is 11.3. The molecule has 0 bridgehead atoms. The number of unbranched alkanes of at least 4 members (excludes halogenated alkanes) is 1. The van der Waals surface area contributed by atoms with Crippen molar-refractivity contribution in [2.45, 2.75) is 26.2 Å². The second-order valence-electron chi connectivity index (χ2n) is 3.72. The molecule has 0 atom stereocenters. The van der Waals surface area contributed by atoms with E-state index in [1.807, 2.05) is 6.92 Å². The SMILES string of the molecule is CCCCC(=O)N/N=C/c1cc(Cl)cc(Cl)c1O. The fraction of sp³-hybridized carbons (Fsp3) is 0.333. The van der Waals surface area contributed by atoms with Crippen LogP contribution in [0.5, 0.6) is 5.75 Å². The normalized spacial score (nSPS) is 10.8. The van der Waals surface area contributed by atoms with Gasteiger partial charge < -0.3 is 5.11 Å². The van der Waals surface area contributed by atoms with E-state index in [2.05, 4.69) is 10.5 Å². The molecule has 6 heteroatoms. The van der Waals surface area contributed by atoms with Crippen LogP contribution in [-0.2, 0) is 4.79 Å². The quantitative estimate of drug-likeness (QED) is 0.645. The minimum Gasteiger partial charge on any atom is -0.506 e. The van der Waals surface area contributed by atoms with Gasteiger partial charge in [-0.2, -0.15) is 5.10 Å². The fourth-order valence-electron chi connectivity index (χ4n) is 1.25. The summed E-state index contributed by atoms with van der Waals surface area (Å²) in [6.07, 6.45) is 3.49. The number of phenolic OH excluding ortho intramolecular Hbond substituents is 1. The third kappa shape index (κ3) is 4.55. The number of hydrazone groups is 1. The Labute approximate surface area is 116 Å². The monoisotopic (exact) mass is 288 g/mol. The third-order valence-corrected chi connectivity index (χ3v) is 2.71. The van der Waals surface area contributed by atoms with Gasteiger partial charge in [0.25, 0.3) is 0 Å². The number of nitrogens with one attached hydrogen (secondary N) is 1. The topological polar surface area (TPSA) is 61.7 Å². The molecule has 0 saturated heterocycles. The van der Waals surface area contributed by atoms with Gasteiger partial charge in [0.05, 0.1) is 11.2 Å². The number of benzene rings is 1. The molecule has 1 amide bonds. The van der Waals surface area contributed by atoms with Crippen LogP contribution in [0.25, 0.3) is 0 Å². The molecule has 1 rings (SSSR count). The molecule has 2 N–H and O–H groups in total. The first-order valence-electron chi connectivity index (χ1n) is 5.54. The molecule has 0 radical (unpaired) electrons. The van der Waals surface area contributed by atoms with Crippen LogP contribution in [0.15, 0.2) is 17.2 Å². The van der Waals surface area contributed by atoms with Crippen molar-refractivity contribution in [3.63, 3.8) is 0 Å². The van der Waals surface area contributed by atoms with Crippen molar-refractivity contribution in [3.05, 3.63) is 27.7 Å². The summed E-state index contributed by atoms with van der Waals surface area (Å²) in [6, 6.07) is 2.93. The maximum Gasteiger partial charge on any atom is 0.240 e. The number of amides is 1.